The van der Waals surface area contributed by atoms with Crippen LogP contribution in [0.4, 0.5) is 5.69 Å². The lowest BCUT2D eigenvalue weighted by atomic mass is 10.1. The first-order valence-electron chi connectivity index (χ1n) is 5.71. The summed E-state index contributed by atoms with van der Waals surface area (Å²) in [4.78, 5) is 0. The Bertz CT molecular complexity index is 657. The molecular formula is C14H12N4O3. The minimum absolute atomic E-state index is 0.146. The molecule has 0 aliphatic heterocycles. The third-order valence-corrected chi connectivity index (χ3v) is 2.57. The van der Waals surface area contributed by atoms with Crippen LogP contribution in [0.3, 0.4) is 0 Å². The van der Waals surface area contributed by atoms with Gasteiger partial charge in [-0.2, -0.15) is 15.8 Å². The van der Waals surface area contributed by atoms with Gasteiger partial charge in [0.2, 0.25) is 0 Å². The van der Waals surface area contributed by atoms with Crippen molar-refractivity contribution >= 4 is 5.69 Å². The molecule has 106 valence electrons. The zero-order valence-corrected chi connectivity index (χ0v) is 11.4. The molecule has 0 atom stereocenters. The van der Waals surface area contributed by atoms with Crippen LogP contribution in [0.25, 0.3) is 0 Å². The molecule has 21 heavy (non-hydrogen) atoms. The first-order valence-corrected chi connectivity index (χ1v) is 5.71. The Morgan fingerprint density at radius 1 is 1.14 bits per heavy atom. The Morgan fingerprint density at radius 3 is 2.24 bits per heavy atom. The average Bonchev–Trinajstić information content (AvgIpc) is 2.51. The number of ether oxygens (including phenoxy) is 2. The summed E-state index contributed by atoms with van der Waals surface area (Å²) in [6, 6.07) is 9.38. The topological polar surface area (TPSA) is 122 Å². The van der Waals surface area contributed by atoms with E-state index in [0.29, 0.717) is 5.56 Å². The minimum atomic E-state index is -0.646. The van der Waals surface area contributed by atoms with Gasteiger partial charge in [0.05, 0.1) is 5.69 Å². The summed E-state index contributed by atoms with van der Waals surface area (Å²) < 4.78 is 10.2. The van der Waals surface area contributed by atoms with E-state index in [0.717, 1.165) is 0 Å². The molecule has 0 heterocycles. The van der Waals surface area contributed by atoms with E-state index in [1.165, 1.54) is 26.4 Å². The number of hydrogen-bond acceptors (Lipinski definition) is 7. The van der Waals surface area contributed by atoms with E-state index >= 15 is 0 Å². The smallest absolute Gasteiger partial charge is 0.183 e. The number of nitrogens with zero attached hydrogens (tertiary/aromatic N) is 3. The maximum Gasteiger partial charge on any atom is 0.183 e. The zero-order chi connectivity index (χ0) is 15.8. The summed E-state index contributed by atoms with van der Waals surface area (Å²) in [7, 11) is 2.91. The SMILES string of the molecule is COC(OC)c1ccc(O)c(NC(C#N)=C(C#N)C#N)c1. The van der Waals surface area contributed by atoms with Crippen LogP contribution in [0, 0.1) is 34.0 Å². The highest BCUT2D eigenvalue weighted by atomic mass is 16.7. The van der Waals surface area contributed by atoms with Crippen LogP contribution >= 0.6 is 0 Å². The maximum atomic E-state index is 9.79. The number of nitriles is 3. The van der Waals surface area contributed by atoms with Crippen molar-refractivity contribution in [3.63, 3.8) is 0 Å². The van der Waals surface area contributed by atoms with Gasteiger partial charge in [-0.05, 0) is 12.1 Å². The molecule has 0 spiro atoms. The van der Waals surface area contributed by atoms with E-state index in [9.17, 15) is 5.11 Å². The van der Waals surface area contributed by atoms with Gasteiger partial charge in [0, 0.05) is 19.8 Å². The molecule has 1 aromatic rings. The largest absolute Gasteiger partial charge is 0.506 e. The third-order valence-electron chi connectivity index (χ3n) is 2.57. The first kappa shape index (κ1) is 16.0. The van der Waals surface area contributed by atoms with Crippen molar-refractivity contribution in [3.05, 3.63) is 35.0 Å². The molecule has 0 unspecified atom stereocenters. The predicted octanol–water partition coefficient (Wildman–Crippen LogP) is 1.92. The molecule has 2 N–H and O–H groups in total. The van der Waals surface area contributed by atoms with E-state index in [4.69, 9.17) is 25.3 Å². The van der Waals surface area contributed by atoms with Crippen molar-refractivity contribution in [2.45, 2.75) is 6.29 Å². The lowest BCUT2D eigenvalue weighted by molar-refractivity contribution is -0.105. The highest BCUT2D eigenvalue weighted by molar-refractivity contribution is 5.65. The van der Waals surface area contributed by atoms with Gasteiger partial charge in [-0.15, -0.1) is 0 Å². The fourth-order valence-corrected chi connectivity index (χ4v) is 1.59. The van der Waals surface area contributed by atoms with Crippen molar-refractivity contribution in [2.75, 3.05) is 19.5 Å². The number of nitrogens with one attached hydrogen (secondary N) is 1. The standard InChI is InChI=1S/C14H12N4O3/c1-20-14(21-2)9-3-4-13(19)11(5-9)18-12(8-17)10(6-15)7-16/h3-5,14,18-19H,1-2H3. The lowest BCUT2D eigenvalue weighted by Gasteiger charge is -2.16. The maximum absolute atomic E-state index is 9.79. The van der Waals surface area contributed by atoms with Gasteiger partial charge >= 0.3 is 0 Å². The quantitative estimate of drug-likeness (QED) is 0.481. The summed E-state index contributed by atoms with van der Waals surface area (Å²) >= 11 is 0. The van der Waals surface area contributed by atoms with Gasteiger partial charge in [-0.1, -0.05) is 6.07 Å². The van der Waals surface area contributed by atoms with Crippen LogP contribution in [0.1, 0.15) is 11.9 Å². The number of rotatable bonds is 5. The molecule has 0 aromatic heterocycles. The zero-order valence-electron chi connectivity index (χ0n) is 11.4. The number of aromatic hydroxyl groups is 1. The highest BCUT2D eigenvalue weighted by Crippen LogP contribution is 2.29. The molecule has 0 fully saturated rings. The van der Waals surface area contributed by atoms with Crippen LogP contribution in [-0.4, -0.2) is 19.3 Å². The van der Waals surface area contributed by atoms with Gasteiger partial charge in [0.25, 0.3) is 0 Å². The Hall–Kier alpha value is -3.05. The second-order valence-electron chi connectivity index (χ2n) is 3.79. The number of phenols is 1. The number of allylic oxidation sites excluding steroid dienone is 2. The van der Waals surface area contributed by atoms with Crippen LogP contribution in [0.2, 0.25) is 0 Å². The molecule has 0 saturated heterocycles. The molecule has 0 saturated carbocycles. The van der Waals surface area contributed by atoms with Gasteiger partial charge in [0.1, 0.15) is 29.7 Å². The number of benzene rings is 1. The second-order valence-corrected chi connectivity index (χ2v) is 3.79. The number of methoxy groups -OCH3 is 2. The third kappa shape index (κ3) is 3.71. The number of hydrogen-bond donors (Lipinski definition) is 2. The van der Waals surface area contributed by atoms with Gasteiger partial charge in [-0.3, -0.25) is 0 Å². The predicted molar refractivity (Wildman–Crippen MR) is 72.4 cm³/mol. The van der Waals surface area contributed by atoms with E-state index in [1.54, 1.807) is 24.3 Å². The summed E-state index contributed by atoms with van der Waals surface area (Å²) in [5.74, 6) is -0.146. The Balaban J connectivity index is 3.24. The summed E-state index contributed by atoms with van der Waals surface area (Å²) in [5, 5.41) is 38.9. The molecular weight excluding hydrogens is 272 g/mol. The molecule has 1 aromatic carbocycles. The molecule has 1 rings (SSSR count). The van der Waals surface area contributed by atoms with Gasteiger partial charge < -0.3 is 19.9 Å². The summed E-state index contributed by atoms with van der Waals surface area (Å²) in [6.45, 7) is 0. The first-order chi connectivity index (χ1) is 10.1. The van der Waals surface area contributed by atoms with E-state index in [-0.39, 0.29) is 22.7 Å². The van der Waals surface area contributed by atoms with Crippen molar-refractivity contribution in [2.24, 2.45) is 0 Å². The van der Waals surface area contributed by atoms with Crippen LogP contribution in [0.15, 0.2) is 29.5 Å². The number of anilines is 1. The lowest BCUT2D eigenvalue weighted by Crippen LogP contribution is -2.06. The van der Waals surface area contributed by atoms with Gasteiger partial charge in [0.15, 0.2) is 11.9 Å². The molecule has 0 aliphatic rings. The molecule has 0 bridgehead atoms. The Labute approximate surface area is 121 Å². The van der Waals surface area contributed by atoms with Crippen molar-refractivity contribution in [1.82, 2.24) is 0 Å². The van der Waals surface area contributed by atoms with E-state index < -0.39 is 6.29 Å². The normalized spacial score (nSPS) is 9.33. The van der Waals surface area contributed by atoms with Crippen molar-refractivity contribution < 1.29 is 14.6 Å². The minimum Gasteiger partial charge on any atom is -0.506 e. The van der Waals surface area contributed by atoms with E-state index in [1.807, 2.05) is 0 Å². The van der Waals surface area contributed by atoms with Crippen molar-refractivity contribution in [3.8, 4) is 24.0 Å². The summed E-state index contributed by atoms with van der Waals surface area (Å²) in [5.41, 5.74) is 0.121. The molecule has 7 nitrogen and oxygen atoms in total. The second kappa shape index (κ2) is 7.52. The highest BCUT2D eigenvalue weighted by Gasteiger charge is 2.14. The molecule has 7 heteroatoms. The summed E-state index contributed by atoms with van der Waals surface area (Å²) in [6.07, 6.45) is -0.646. The Morgan fingerprint density at radius 2 is 1.76 bits per heavy atom. The van der Waals surface area contributed by atoms with E-state index in [2.05, 4.69) is 5.32 Å². The fraction of sp³-hybridized carbons (Fsp3) is 0.214. The van der Waals surface area contributed by atoms with Crippen LogP contribution in [0.5, 0.6) is 5.75 Å². The fourth-order valence-electron chi connectivity index (χ4n) is 1.59. The number of phenolic OH excluding ortho intramolecular Hbond substituents is 1. The molecule has 0 aliphatic carbocycles. The van der Waals surface area contributed by atoms with Crippen LogP contribution in [-0.2, 0) is 9.47 Å². The molecule has 0 amide bonds. The molecule has 0 radical (unpaired) electrons. The van der Waals surface area contributed by atoms with Crippen molar-refractivity contribution in [1.29, 1.82) is 15.8 Å². The van der Waals surface area contributed by atoms with Gasteiger partial charge in [-0.25, -0.2) is 0 Å². The average molecular weight is 284 g/mol. The monoisotopic (exact) mass is 284 g/mol. The van der Waals surface area contributed by atoms with Crippen LogP contribution < -0.4 is 5.32 Å². The Kier molecular flexibility index (Phi) is 5.73.